The molecule has 3 heteroatoms. The van der Waals surface area contributed by atoms with E-state index in [0.717, 1.165) is 23.3 Å². The number of carbonyl (C=O) groups excluding carboxylic acids is 1. The Morgan fingerprint density at radius 3 is 2.03 bits per heavy atom. The molecular weight excluding hydrogens is 372 g/mol. The number of hydrogen-bond donors (Lipinski definition) is 0. The number of carbonyl (C=O) groups is 1. The highest BCUT2D eigenvalue weighted by molar-refractivity contribution is 5.73. The molecular formula is C27H30O3. The van der Waals surface area contributed by atoms with Crippen LogP contribution in [0, 0.1) is 0 Å². The third kappa shape index (κ3) is 5.96. The predicted octanol–water partition coefficient (Wildman–Crippen LogP) is 6.81. The summed E-state index contributed by atoms with van der Waals surface area (Å²) in [6.45, 7) is 7.16. The summed E-state index contributed by atoms with van der Waals surface area (Å²) in [5.74, 6) is 1.15. The molecule has 0 saturated carbocycles. The van der Waals surface area contributed by atoms with E-state index < -0.39 is 0 Å². The van der Waals surface area contributed by atoms with Crippen LogP contribution in [-0.4, -0.2) is 12.6 Å². The molecule has 0 radical (unpaired) electrons. The first-order valence-corrected chi connectivity index (χ1v) is 10.6. The average molecular weight is 403 g/mol. The maximum Gasteiger partial charge on any atom is 0.311 e. The number of rotatable bonds is 9. The maximum atomic E-state index is 12.1. The van der Waals surface area contributed by atoms with E-state index in [1.165, 1.54) is 5.56 Å². The van der Waals surface area contributed by atoms with Crippen molar-refractivity contribution in [3.8, 4) is 22.6 Å². The van der Waals surface area contributed by atoms with Gasteiger partial charge in [0.05, 0.1) is 6.61 Å². The molecule has 0 aromatic heterocycles. The van der Waals surface area contributed by atoms with Crippen molar-refractivity contribution in [3.63, 3.8) is 0 Å². The van der Waals surface area contributed by atoms with Gasteiger partial charge in [-0.25, -0.2) is 0 Å². The minimum Gasteiger partial charge on any atom is -0.494 e. The zero-order valence-electron chi connectivity index (χ0n) is 18.1. The van der Waals surface area contributed by atoms with Crippen LogP contribution in [0.4, 0.5) is 0 Å². The topological polar surface area (TPSA) is 35.5 Å². The summed E-state index contributed by atoms with van der Waals surface area (Å²) in [5.41, 5.74) is 3.71. The van der Waals surface area contributed by atoms with Crippen molar-refractivity contribution < 1.29 is 14.3 Å². The molecule has 0 saturated heterocycles. The predicted molar refractivity (Wildman–Crippen MR) is 122 cm³/mol. The SMILES string of the molecule is CCC(C)(C)c1ccc(OCCCC(=O)Oc2ccc(-c3ccccc3)cc2)cc1. The summed E-state index contributed by atoms with van der Waals surface area (Å²) in [6, 6.07) is 25.9. The van der Waals surface area contributed by atoms with E-state index in [9.17, 15) is 4.79 Å². The smallest absolute Gasteiger partial charge is 0.311 e. The minimum atomic E-state index is -0.244. The molecule has 0 amide bonds. The van der Waals surface area contributed by atoms with Crippen molar-refractivity contribution in [2.45, 2.75) is 45.4 Å². The van der Waals surface area contributed by atoms with Gasteiger partial charge in [-0.1, -0.05) is 75.4 Å². The lowest BCUT2D eigenvalue weighted by atomic mass is 9.82. The van der Waals surface area contributed by atoms with Gasteiger partial charge in [-0.3, -0.25) is 4.79 Å². The molecule has 156 valence electrons. The molecule has 0 unspecified atom stereocenters. The fourth-order valence-electron chi connectivity index (χ4n) is 3.14. The number of ether oxygens (including phenoxy) is 2. The molecule has 3 aromatic rings. The molecule has 0 heterocycles. The van der Waals surface area contributed by atoms with Crippen molar-refractivity contribution in [2.75, 3.05) is 6.61 Å². The molecule has 0 N–H and O–H groups in total. The lowest BCUT2D eigenvalue weighted by Crippen LogP contribution is -2.15. The van der Waals surface area contributed by atoms with Crippen LogP contribution in [0.15, 0.2) is 78.9 Å². The zero-order chi connectivity index (χ0) is 21.4. The van der Waals surface area contributed by atoms with Crippen molar-refractivity contribution in [2.24, 2.45) is 0 Å². The molecule has 3 nitrogen and oxygen atoms in total. The van der Waals surface area contributed by atoms with E-state index in [-0.39, 0.29) is 11.4 Å². The highest BCUT2D eigenvalue weighted by Gasteiger charge is 2.17. The first-order valence-electron chi connectivity index (χ1n) is 10.6. The second-order valence-electron chi connectivity index (χ2n) is 8.08. The van der Waals surface area contributed by atoms with Gasteiger partial charge in [0, 0.05) is 6.42 Å². The van der Waals surface area contributed by atoms with Crippen molar-refractivity contribution in [1.82, 2.24) is 0 Å². The van der Waals surface area contributed by atoms with Crippen LogP contribution in [0.25, 0.3) is 11.1 Å². The minimum absolute atomic E-state index is 0.168. The Morgan fingerprint density at radius 2 is 1.40 bits per heavy atom. The highest BCUT2D eigenvalue weighted by atomic mass is 16.5. The van der Waals surface area contributed by atoms with E-state index in [2.05, 4.69) is 45.0 Å². The Hall–Kier alpha value is -3.07. The number of esters is 1. The lowest BCUT2D eigenvalue weighted by molar-refractivity contribution is -0.134. The van der Waals surface area contributed by atoms with Gasteiger partial charge in [-0.05, 0) is 59.2 Å². The Balaban J connectivity index is 1.41. The van der Waals surface area contributed by atoms with Crippen molar-refractivity contribution in [3.05, 3.63) is 84.4 Å². The van der Waals surface area contributed by atoms with E-state index in [1.807, 2.05) is 54.6 Å². The lowest BCUT2D eigenvalue weighted by Gasteiger charge is -2.23. The fourth-order valence-corrected chi connectivity index (χ4v) is 3.14. The maximum absolute atomic E-state index is 12.1. The highest BCUT2D eigenvalue weighted by Crippen LogP contribution is 2.28. The summed E-state index contributed by atoms with van der Waals surface area (Å²) >= 11 is 0. The van der Waals surface area contributed by atoms with E-state index >= 15 is 0 Å². The van der Waals surface area contributed by atoms with Gasteiger partial charge in [-0.2, -0.15) is 0 Å². The monoisotopic (exact) mass is 402 g/mol. The first kappa shape index (κ1) is 21.6. The summed E-state index contributed by atoms with van der Waals surface area (Å²) in [5, 5.41) is 0. The Bertz CT molecular complexity index is 926. The normalized spacial score (nSPS) is 11.2. The Morgan fingerprint density at radius 1 is 0.800 bits per heavy atom. The van der Waals surface area contributed by atoms with Gasteiger partial charge in [0.15, 0.2) is 0 Å². The van der Waals surface area contributed by atoms with Gasteiger partial charge < -0.3 is 9.47 Å². The van der Waals surface area contributed by atoms with Gasteiger partial charge in [0.2, 0.25) is 0 Å². The second-order valence-corrected chi connectivity index (χ2v) is 8.08. The van der Waals surface area contributed by atoms with Crippen LogP contribution < -0.4 is 9.47 Å². The molecule has 3 aromatic carbocycles. The summed E-state index contributed by atoms with van der Waals surface area (Å²) in [4.78, 5) is 12.1. The van der Waals surface area contributed by atoms with Crippen molar-refractivity contribution >= 4 is 5.97 Å². The van der Waals surface area contributed by atoms with Crippen LogP contribution in [0.1, 0.15) is 45.6 Å². The van der Waals surface area contributed by atoms with Crippen LogP contribution >= 0.6 is 0 Å². The number of benzene rings is 3. The molecule has 30 heavy (non-hydrogen) atoms. The molecule has 0 fully saturated rings. The standard InChI is InChI=1S/C27H30O3/c1-4-27(2,3)23-14-18-24(19-15-23)29-20-8-11-26(28)30-25-16-12-22(13-17-25)21-9-6-5-7-10-21/h5-7,9-10,12-19H,4,8,11,20H2,1-3H3. The van der Waals surface area contributed by atoms with Gasteiger partial charge in [0.1, 0.15) is 11.5 Å². The quantitative estimate of drug-likeness (QED) is 0.224. The summed E-state index contributed by atoms with van der Waals surface area (Å²) in [6.07, 6.45) is 2.02. The van der Waals surface area contributed by atoms with Gasteiger partial charge in [-0.15, -0.1) is 0 Å². The molecule has 0 atom stereocenters. The largest absolute Gasteiger partial charge is 0.494 e. The summed E-state index contributed by atoms with van der Waals surface area (Å²) in [7, 11) is 0. The molecule has 0 bridgehead atoms. The van der Waals surface area contributed by atoms with Crippen LogP contribution in [0.3, 0.4) is 0 Å². The second kappa shape index (κ2) is 10.1. The molecule has 0 aliphatic heterocycles. The average Bonchev–Trinajstić information content (AvgIpc) is 2.78. The summed E-state index contributed by atoms with van der Waals surface area (Å²) < 4.78 is 11.2. The van der Waals surface area contributed by atoms with Gasteiger partial charge >= 0.3 is 5.97 Å². The van der Waals surface area contributed by atoms with Crippen molar-refractivity contribution in [1.29, 1.82) is 0 Å². The van der Waals surface area contributed by atoms with Gasteiger partial charge in [0.25, 0.3) is 0 Å². The first-order chi connectivity index (χ1) is 14.5. The molecule has 0 aliphatic rings. The van der Waals surface area contributed by atoms with E-state index in [0.29, 0.717) is 25.2 Å². The fraction of sp³-hybridized carbons (Fsp3) is 0.296. The zero-order valence-corrected chi connectivity index (χ0v) is 18.1. The van der Waals surface area contributed by atoms with E-state index in [4.69, 9.17) is 9.47 Å². The van der Waals surface area contributed by atoms with Crippen LogP contribution in [0.5, 0.6) is 11.5 Å². The third-order valence-electron chi connectivity index (χ3n) is 5.51. The van der Waals surface area contributed by atoms with Crippen LogP contribution in [0.2, 0.25) is 0 Å². The molecule has 0 spiro atoms. The van der Waals surface area contributed by atoms with Crippen LogP contribution in [-0.2, 0) is 10.2 Å². The van der Waals surface area contributed by atoms with E-state index in [1.54, 1.807) is 0 Å². The Kier molecular flexibility index (Phi) is 7.29. The third-order valence-corrected chi connectivity index (χ3v) is 5.51. The Labute approximate surface area is 179 Å². The molecule has 0 aliphatic carbocycles. The number of hydrogen-bond acceptors (Lipinski definition) is 3. The molecule has 3 rings (SSSR count).